The van der Waals surface area contributed by atoms with Crippen LogP contribution in [0, 0.1) is 12.3 Å². The second-order valence-corrected chi connectivity index (χ2v) is 10.6. The van der Waals surface area contributed by atoms with E-state index in [9.17, 15) is 19.2 Å². The molecule has 3 aliphatic rings. The molecule has 0 radical (unpaired) electrons. The minimum absolute atomic E-state index is 0.00897. The van der Waals surface area contributed by atoms with Gasteiger partial charge in [-0.3, -0.25) is 9.59 Å². The Morgan fingerprint density at radius 2 is 1.42 bits per heavy atom. The Morgan fingerprint density at radius 1 is 0.778 bits per heavy atom. The molecule has 0 saturated carbocycles. The van der Waals surface area contributed by atoms with E-state index in [1.807, 2.05) is 54.6 Å². The number of piperazine rings is 2. The number of rotatable bonds is 7. The van der Waals surface area contributed by atoms with Crippen LogP contribution in [-0.4, -0.2) is 102 Å². The van der Waals surface area contributed by atoms with Crippen LogP contribution in [0.2, 0.25) is 0 Å². The lowest BCUT2D eigenvalue weighted by atomic mass is 10.1. The molecule has 0 N–H and O–H groups in total. The largest absolute Gasteiger partial charge is 0.481 e. The molecule has 3 aliphatic heterocycles. The molecule has 12 heteroatoms. The van der Waals surface area contributed by atoms with E-state index < -0.39 is 24.1 Å². The maximum absolute atomic E-state index is 13.2. The molecule has 3 aromatic carbocycles. The van der Waals surface area contributed by atoms with Crippen molar-refractivity contribution in [1.82, 2.24) is 19.8 Å². The van der Waals surface area contributed by atoms with E-state index in [0.29, 0.717) is 54.1 Å². The Balaban J connectivity index is 1.01. The monoisotopic (exact) mass is 609 g/mol. The minimum Gasteiger partial charge on any atom is -0.481 e. The number of benzene rings is 3. The fourth-order valence-electron chi connectivity index (χ4n) is 5.47. The fourth-order valence-corrected chi connectivity index (χ4v) is 5.47. The highest BCUT2D eigenvalue weighted by molar-refractivity contribution is 6.05. The molecule has 230 valence electrons. The molecule has 0 unspecified atom stereocenters. The van der Waals surface area contributed by atoms with Crippen LogP contribution >= 0.6 is 0 Å². The Hall–Kier alpha value is -5.70. The van der Waals surface area contributed by atoms with Crippen molar-refractivity contribution in [1.29, 1.82) is 0 Å². The van der Waals surface area contributed by atoms with Gasteiger partial charge in [-0.2, -0.15) is 0 Å². The third-order valence-electron chi connectivity index (χ3n) is 7.88. The lowest BCUT2D eigenvalue weighted by molar-refractivity contribution is -0.152. The molecule has 0 bridgehead atoms. The van der Waals surface area contributed by atoms with Gasteiger partial charge in [0.05, 0.1) is 6.54 Å². The van der Waals surface area contributed by atoms with Crippen molar-refractivity contribution in [3.05, 3.63) is 84.4 Å². The summed E-state index contributed by atoms with van der Waals surface area (Å²) in [4.78, 5) is 64.2. The smallest absolute Gasteiger partial charge is 0.434 e. The lowest BCUT2D eigenvalue weighted by Gasteiger charge is -2.35. The number of ether oxygens (including phenoxy) is 2. The SMILES string of the molecule is C#CCOc1ccc(N2CCN(C(=O)ON3C(=O)[C@@H]4CN(C(=O)c5ccc(Oc6ccccc6)cc5)CCN4C3=O)CC2)cc1. The molecular formula is C33H31N5O7. The zero-order chi connectivity index (χ0) is 31.3. The number of para-hydroxylation sites is 1. The molecule has 3 heterocycles. The second kappa shape index (κ2) is 12.9. The average molecular weight is 610 g/mol. The maximum atomic E-state index is 13.2. The van der Waals surface area contributed by atoms with Gasteiger partial charge in [0, 0.05) is 50.5 Å². The normalized spacial score (nSPS) is 17.9. The first-order chi connectivity index (χ1) is 21.9. The molecule has 0 aromatic heterocycles. The van der Waals surface area contributed by atoms with Crippen molar-refractivity contribution >= 4 is 29.6 Å². The number of terminal acetylenes is 1. The van der Waals surface area contributed by atoms with Crippen LogP contribution in [0.5, 0.6) is 17.2 Å². The number of hydrogen-bond acceptors (Lipinski definition) is 8. The minimum atomic E-state index is -0.937. The second-order valence-electron chi connectivity index (χ2n) is 10.6. The summed E-state index contributed by atoms with van der Waals surface area (Å²) in [6, 6.07) is 21.9. The highest BCUT2D eigenvalue weighted by atomic mass is 16.7. The number of amides is 5. The first-order valence-electron chi connectivity index (χ1n) is 14.6. The summed E-state index contributed by atoms with van der Waals surface area (Å²) < 4.78 is 11.2. The zero-order valence-electron chi connectivity index (χ0n) is 24.4. The first-order valence-corrected chi connectivity index (χ1v) is 14.6. The summed E-state index contributed by atoms with van der Waals surface area (Å²) in [6.45, 7) is 2.30. The predicted octanol–water partition coefficient (Wildman–Crippen LogP) is 3.45. The van der Waals surface area contributed by atoms with Crippen LogP contribution in [-0.2, 0) is 9.63 Å². The third kappa shape index (κ3) is 6.33. The number of hydroxylamine groups is 2. The topological polar surface area (TPSA) is 112 Å². The van der Waals surface area contributed by atoms with Crippen LogP contribution in [0.3, 0.4) is 0 Å². The molecule has 3 fully saturated rings. The van der Waals surface area contributed by atoms with Gasteiger partial charge < -0.3 is 33.9 Å². The van der Waals surface area contributed by atoms with Crippen molar-refractivity contribution in [2.24, 2.45) is 0 Å². The van der Waals surface area contributed by atoms with Crippen molar-refractivity contribution in [3.8, 4) is 29.6 Å². The number of urea groups is 1. The van der Waals surface area contributed by atoms with Gasteiger partial charge in [-0.05, 0) is 60.7 Å². The van der Waals surface area contributed by atoms with Gasteiger partial charge in [-0.25, -0.2) is 9.59 Å². The molecule has 1 atom stereocenters. The molecule has 12 nitrogen and oxygen atoms in total. The van der Waals surface area contributed by atoms with Gasteiger partial charge in [0.15, 0.2) is 0 Å². The van der Waals surface area contributed by atoms with E-state index in [1.165, 1.54) is 14.7 Å². The third-order valence-corrected chi connectivity index (χ3v) is 7.88. The molecule has 3 saturated heterocycles. The van der Waals surface area contributed by atoms with Gasteiger partial charge in [-0.1, -0.05) is 29.2 Å². The summed E-state index contributed by atoms with van der Waals surface area (Å²) in [5.41, 5.74) is 1.39. The summed E-state index contributed by atoms with van der Waals surface area (Å²) in [5.74, 6) is 3.41. The number of anilines is 1. The first kappa shape index (κ1) is 29.4. The fraction of sp³-hybridized carbons (Fsp3) is 0.273. The summed E-state index contributed by atoms with van der Waals surface area (Å²) in [6.07, 6.45) is 4.45. The molecule has 0 aliphatic carbocycles. The highest BCUT2D eigenvalue weighted by Gasteiger charge is 2.51. The molecular weight excluding hydrogens is 578 g/mol. The van der Waals surface area contributed by atoms with Gasteiger partial charge >= 0.3 is 12.1 Å². The van der Waals surface area contributed by atoms with Crippen LogP contribution in [0.15, 0.2) is 78.9 Å². The number of fused-ring (bicyclic) bond motifs is 1. The van der Waals surface area contributed by atoms with E-state index in [-0.39, 0.29) is 32.1 Å². The Labute approximate surface area is 260 Å². The molecule has 3 aromatic rings. The number of imide groups is 1. The number of carbonyl (C=O) groups excluding carboxylic acids is 4. The molecule has 0 spiro atoms. The summed E-state index contributed by atoms with van der Waals surface area (Å²) in [5, 5.41) is 0.526. The van der Waals surface area contributed by atoms with Crippen LogP contribution in [0.1, 0.15) is 10.4 Å². The van der Waals surface area contributed by atoms with E-state index in [1.54, 1.807) is 24.3 Å². The van der Waals surface area contributed by atoms with Gasteiger partial charge in [-0.15, -0.1) is 6.42 Å². The lowest BCUT2D eigenvalue weighted by Crippen LogP contribution is -2.54. The Morgan fingerprint density at radius 3 is 2.11 bits per heavy atom. The van der Waals surface area contributed by atoms with Crippen molar-refractivity contribution in [2.45, 2.75) is 6.04 Å². The number of carbonyl (C=O) groups is 4. The van der Waals surface area contributed by atoms with Gasteiger partial charge in [0.1, 0.15) is 29.9 Å². The van der Waals surface area contributed by atoms with E-state index in [0.717, 1.165) is 5.69 Å². The molecule has 45 heavy (non-hydrogen) atoms. The average Bonchev–Trinajstić information content (AvgIpc) is 3.32. The standard InChI is InChI=1S/C33H31N5O7/c1-2-22-43-26-14-10-25(11-15-26)34-16-18-35(19-17-34)33(42)45-38-31(40)29-23-36(20-21-37(29)32(38)41)30(39)24-8-12-28(13-9-24)44-27-6-4-3-5-7-27/h1,3-15,29H,16-23H2/t29-/m0/s1. The maximum Gasteiger partial charge on any atom is 0.434 e. The predicted molar refractivity (Wildman–Crippen MR) is 163 cm³/mol. The van der Waals surface area contributed by atoms with Crippen molar-refractivity contribution in [2.75, 3.05) is 57.3 Å². The Kier molecular flexibility index (Phi) is 8.41. The summed E-state index contributed by atoms with van der Waals surface area (Å²) in [7, 11) is 0. The van der Waals surface area contributed by atoms with Crippen LogP contribution < -0.4 is 14.4 Å². The Bertz CT molecular complexity index is 1600. The molecule has 5 amide bonds. The quantitative estimate of drug-likeness (QED) is 0.296. The van der Waals surface area contributed by atoms with Crippen molar-refractivity contribution < 1.29 is 33.5 Å². The number of nitrogens with zero attached hydrogens (tertiary/aromatic N) is 5. The van der Waals surface area contributed by atoms with Crippen molar-refractivity contribution in [3.63, 3.8) is 0 Å². The summed E-state index contributed by atoms with van der Waals surface area (Å²) >= 11 is 0. The number of hydrogen-bond donors (Lipinski definition) is 0. The zero-order valence-corrected chi connectivity index (χ0v) is 24.4. The van der Waals surface area contributed by atoms with Gasteiger partial charge in [0.25, 0.3) is 11.8 Å². The molecule has 6 rings (SSSR count). The van der Waals surface area contributed by atoms with E-state index in [4.69, 9.17) is 20.7 Å². The van der Waals surface area contributed by atoms with E-state index >= 15 is 0 Å². The van der Waals surface area contributed by atoms with E-state index in [2.05, 4.69) is 10.8 Å². The van der Waals surface area contributed by atoms with Gasteiger partial charge in [0.2, 0.25) is 0 Å². The highest BCUT2D eigenvalue weighted by Crippen LogP contribution is 2.26. The van der Waals surface area contributed by atoms with Crippen LogP contribution in [0.25, 0.3) is 0 Å². The van der Waals surface area contributed by atoms with Crippen LogP contribution in [0.4, 0.5) is 15.3 Å².